The Balaban J connectivity index is 1.60. The SMILES string of the molecule is CC(C)C[C@H](NC(=O)[C@H](CC(=O)NC(c1ccccc1)(c1ccccc1)c1ccccc1)NC(=O)[C@H](C)NC(=O)[C@H](C)NC(=O)OCc1ccccc1)C(=O)OC(C)(C)C. The standard InChI is InChI=1S/C47H57N5O8/c1-31(2)28-39(44(57)60-46(5,6)7)51-43(56)38(50-42(55)32(3)48-41(54)33(4)49-45(58)59-30-34-20-12-8-13-21-34)29-40(53)52-47(35-22-14-9-15-23-35,36-24-16-10-17-25-36)37-26-18-11-19-27-37/h8-27,31-33,38-39H,28-30H2,1-7H3,(H,48,54)(H,49,58)(H,50,55)(H,51,56)(H,52,53)/t32-,33-,38-,39-/m0/s1. The first-order chi connectivity index (χ1) is 28.5. The van der Waals surface area contributed by atoms with Gasteiger partial charge in [-0.05, 0) is 69.2 Å². The number of rotatable bonds is 18. The fourth-order valence-corrected chi connectivity index (χ4v) is 6.47. The first-order valence-corrected chi connectivity index (χ1v) is 20.1. The lowest BCUT2D eigenvalue weighted by Crippen LogP contribution is -2.58. The van der Waals surface area contributed by atoms with Crippen LogP contribution < -0.4 is 26.6 Å². The average Bonchev–Trinajstić information content (AvgIpc) is 3.22. The van der Waals surface area contributed by atoms with Crippen molar-refractivity contribution in [1.82, 2.24) is 26.6 Å². The van der Waals surface area contributed by atoms with Crippen LogP contribution in [0.25, 0.3) is 0 Å². The molecule has 0 spiro atoms. The number of hydrogen-bond donors (Lipinski definition) is 5. The van der Waals surface area contributed by atoms with Crippen LogP contribution >= 0.6 is 0 Å². The maximum atomic E-state index is 14.5. The van der Waals surface area contributed by atoms with Crippen molar-refractivity contribution in [1.29, 1.82) is 0 Å². The summed E-state index contributed by atoms with van der Waals surface area (Å²) in [4.78, 5) is 81.4. The number of esters is 1. The summed E-state index contributed by atoms with van der Waals surface area (Å²) in [6.45, 7) is 11.7. The number of benzene rings is 4. The molecule has 0 aliphatic rings. The van der Waals surface area contributed by atoms with E-state index in [9.17, 15) is 28.8 Å². The zero-order valence-corrected chi connectivity index (χ0v) is 35.3. The molecule has 13 nitrogen and oxygen atoms in total. The Labute approximate surface area is 352 Å². The summed E-state index contributed by atoms with van der Waals surface area (Å²) in [6.07, 6.45) is -1.17. The molecule has 0 unspecified atom stereocenters. The van der Waals surface area contributed by atoms with Crippen molar-refractivity contribution in [2.24, 2.45) is 5.92 Å². The minimum absolute atomic E-state index is 0.00797. The first-order valence-electron chi connectivity index (χ1n) is 20.1. The number of amides is 5. The summed E-state index contributed by atoms with van der Waals surface area (Å²) in [7, 11) is 0. The van der Waals surface area contributed by atoms with E-state index in [4.69, 9.17) is 9.47 Å². The van der Waals surface area contributed by atoms with Crippen LogP contribution in [0.5, 0.6) is 0 Å². The highest BCUT2D eigenvalue weighted by Gasteiger charge is 2.40. The fraction of sp³-hybridized carbons (Fsp3) is 0.362. The lowest BCUT2D eigenvalue weighted by atomic mass is 9.77. The van der Waals surface area contributed by atoms with E-state index in [0.29, 0.717) is 0 Å². The Morgan fingerprint density at radius 1 is 0.550 bits per heavy atom. The predicted molar refractivity (Wildman–Crippen MR) is 228 cm³/mol. The van der Waals surface area contributed by atoms with Gasteiger partial charge in [0, 0.05) is 0 Å². The van der Waals surface area contributed by atoms with E-state index in [0.717, 1.165) is 22.3 Å². The lowest BCUT2D eigenvalue weighted by Gasteiger charge is -2.37. The average molecular weight is 820 g/mol. The van der Waals surface area contributed by atoms with Gasteiger partial charge in [0.05, 0.1) is 6.42 Å². The molecule has 4 aromatic carbocycles. The Hall–Kier alpha value is -6.50. The predicted octanol–water partition coefficient (Wildman–Crippen LogP) is 5.66. The molecule has 13 heteroatoms. The summed E-state index contributed by atoms with van der Waals surface area (Å²) >= 11 is 0. The van der Waals surface area contributed by atoms with Crippen LogP contribution in [0.4, 0.5) is 4.79 Å². The Morgan fingerprint density at radius 3 is 1.45 bits per heavy atom. The Morgan fingerprint density at radius 2 is 0.983 bits per heavy atom. The van der Waals surface area contributed by atoms with Gasteiger partial charge in [0.2, 0.25) is 23.6 Å². The van der Waals surface area contributed by atoms with E-state index in [2.05, 4.69) is 26.6 Å². The molecule has 60 heavy (non-hydrogen) atoms. The van der Waals surface area contributed by atoms with Crippen molar-refractivity contribution in [3.63, 3.8) is 0 Å². The second-order valence-electron chi connectivity index (χ2n) is 16.0. The number of ether oxygens (including phenoxy) is 2. The molecule has 5 N–H and O–H groups in total. The van der Waals surface area contributed by atoms with E-state index in [-0.39, 0.29) is 18.9 Å². The van der Waals surface area contributed by atoms with Gasteiger partial charge in [-0.25, -0.2) is 9.59 Å². The van der Waals surface area contributed by atoms with Crippen molar-refractivity contribution in [2.45, 2.75) is 103 Å². The zero-order valence-electron chi connectivity index (χ0n) is 35.3. The summed E-state index contributed by atoms with van der Waals surface area (Å²) < 4.78 is 10.8. The van der Waals surface area contributed by atoms with Gasteiger partial charge in [0.1, 0.15) is 41.9 Å². The van der Waals surface area contributed by atoms with Crippen LogP contribution in [0.3, 0.4) is 0 Å². The Bertz CT molecular complexity index is 1940. The molecular weight excluding hydrogens is 763 g/mol. The third kappa shape index (κ3) is 13.5. The minimum Gasteiger partial charge on any atom is -0.458 e. The topological polar surface area (TPSA) is 181 Å². The minimum atomic E-state index is -1.52. The molecule has 0 aromatic heterocycles. The van der Waals surface area contributed by atoms with Gasteiger partial charge in [-0.1, -0.05) is 135 Å². The van der Waals surface area contributed by atoms with Crippen molar-refractivity contribution in [3.05, 3.63) is 144 Å². The second kappa shape index (κ2) is 21.5. The molecule has 0 saturated heterocycles. The third-order valence-corrected chi connectivity index (χ3v) is 9.38. The molecular formula is C47H57N5O8. The fourth-order valence-electron chi connectivity index (χ4n) is 6.47. The molecule has 318 valence electrons. The number of hydrogen-bond acceptors (Lipinski definition) is 8. The summed E-state index contributed by atoms with van der Waals surface area (Å²) in [5.41, 5.74) is 0.908. The van der Waals surface area contributed by atoms with Crippen molar-refractivity contribution >= 4 is 35.7 Å². The normalized spacial score (nSPS) is 13.4. The number of alkyl carbamates (subject to hydrolysis) is 1. The molecule has 0 heterocycles. The molecule has 5 amide bonds. The smallest absolute Gasteiger partial charge is 0.408 e. The van der Waals surface area contributed by atoms with Crippen molar-refractivity contribution in [2.75, 3.05) is 0 Å². The lowest BCUT2D eigenvalue weighted by molar-refractivity contribution is -0.159. The first kappa shape index (κ1) is 46.2. The number of nitrogens with one attached hydrogen (secondary N) is 5. The van der Waals surface area contributed by atoms with E-state index in [1.807, 2.05) is 111 Å². The largest absolute Gasteiger partial charge is 0.458 e. The summed E-state index contributed by atoms with van der Waals surface area (Å²) in [6, 6.07) is 32.3. The zero-order chi connectivity index (χ0) is 43.9. The summed E-state index contributed by atoms with van der Waals surface area (Å²) in [5.74, 6) is -3.62. The quantitative estimate of drug-likeness (QED) is 0.0630. The second-order valence-corrected chi connectivity index (χ2v) is 16.0. The van der Waals surface area contributed by atoms with Gasteiger partial charge in [0.25, 0.3) is 0 Å². The van der Waals surface area contributed by atoms with Gasteiger partial charge < -0.3 is 36.1 Å². The maximum Gasteiger partial charge on any atom is 0.408 e. The van der Waals surface area contributed by atoms with Crippen LogP contribution in [-0.4, -0.2) is 65.5 Å². The van der Waals surface area contributed by atoms with Crippen LogP contribution in [-0.2, 0) is 45.6 Å². The summed E-state index contributed by atoms with van der Waals surface area (Å²) in [5, 5.41) is 13.5. The van der Waals surface area contributed by atoms with Crippen LogP contribution in [0.2, 0.25) is 0 Å². The maximum absolute atomic E-state index is 14.5. The molecule has 0 bridgehead atoms. The van der Waals surface area contributed by atoms with Gasteiger partial charge in [0.15, 0.2) is 0 Å². The van der Waals surface area contributed by atoms with Gasteiger partial charge in [-0.15, -0.1) is 0 Å². The molecule has 4 atom stereocenters. The van der Waals surface area contributed by atoms with Crippen molar-refractivity contribution in [3.8, 4) is 0 Å². The van der Waals surface area contributed by atoms with E-state index >= 15 is 0 Å². The third-order valence-electron chi connectivity index (χ3n) is 9.38. The van der Waals surface area contributed by atoms with Gasteiger partial charge in [-0.2, -0.15) is 0 Å². The Kier molecular flexibility index (Phi) is 16.5. The van der Waals surface area contributed by atoms with E-state index in [1.165, 1.54) is 13.8 Å². The monoisotopic (exact) mass is 819 g/mol. The highest BCUT2D eigenvalue weighted by Crippen LogP contribution is 2.37. The molecule has 0 aliphatic heterocycles. The van der Waals surface area contributed by atoms with Crippen LogP contribution in [0.1, 0.15) is 83.6 Å². The van der Waals surface area contributed by atoms with Crippen LogP contribution in [0, 0.1) is 5.92 Å². The van der Waals surface area contributed by atoms with Gasteiger partial charge in [-0.3, -0.25) is 19.2 Å². The molecule has 0 radical (unpaired) electrons. The molecule has 4 aromatic rings. The molecule has 4 rings (SSSR count). The number of carbonyl (C=O) groups excluding carboxylic acids is 6. The molecule has 0 aliphatic carbocycles. The molecule has 0 saturated carbocycles. The van der Waals surface area contributed by atoms with Crippen LogP contribution in [0.15, 0.2) is 121 Å². The van der Waals surface area contributed by atoms with Gasteiger partial charge >= 0.3 is 12.1 Å². The molecule has 0 fully saturated rings. The highest BCUT2D eigenvalue weighted by molar-refractivity contribution is 5.97. The van der Waals surface area contributed by atoms with E-state index in [1.54, 1.807) is 45.0 Å². The van der Waals surface area contributed by atoms with E-state index < -0.39 is 77.4 Å². The number of carbonyl (C=O) groups is 6. The highest BCUT2D eigenvalue weighted by atomic mass is 16.6. The van der Waals surface area contributed by atoms with Crippen molar-refractivity contribution < 1.29 is 38.2 Å².